The van der Waals surface area contributed by atoms with Gasteiger partial charge >= 0.3 is 0 Å². The van der Waals surface area contributed by atoms with Crippen molar-refractivity contribution in [2.45, 2.75) is 65.9 Å². The van der Waals surface area contributed by atoms with Crippen LogP contribution in [-0.4, -0.2) is 25.2 Å². The van der Waals surface area contributed by atoms with Gasteiger partial charge in [-0.1, -0.05) is 41.5 Å². The fourth-order valence-corrected chi connectivity index (χ4v) is 4.26. The van der Waals surface area contributed by atoms with E-state index in [1.165, 1.54) is 17.7 Å². The molecule has 0 saturated carbocycles. The number of aromatic nitrogens is 1. The predicted octanol–water partition coefficient (Wildman–Crippen LogP) is 7.67. The molecule has 0 bridgehead atoms. The summed E-state index contributed by atoms with van der Waals surface area (Å²) < 4.78 is 31.5. The van der Waals surface area contributed by atoms with Gasteiger partial charge in [0.15, 0.2) is 0 Å². The predicted molar refractivity (Wildman–Crippen MR) is 144 cm³/mol. The van der Waals surface area contributed by atoms with Crippen LogP contribution in [0.5, 0.6) is 17.2 Å². The third-order valence-electron chi connectivity index (χ3n) is 6.11. The van der Waals surface area contributed by atoms with Crippen LogP contribution in [0.15, 0.2) is 48.7 Å². The summed E-state index contributed by atoms with van der Waals surface area (Å²) in [6.45, 7) is 14.0. The SMILES string of the molecule is COc1ccc(NCCOc2ccnc(COc3ccc(F)cc3C(C)C)c2C(C)C)cc1C(C)C. The number of rotatable bonds is 12. The summed E-state index contributed by atoms with van der Waals surface area (Å²) in [5.41, 5.74) is 4.91. The lowest BCUT2D eigenvalue weighted by Gasteiger charge is -2.19. The highest BCUT2D eigenvalue weighted by molar-refractivity contribution is 5.52. The number of anilines is 1. The molecule has 1 N–H and O–H groups in total. The van der Waals surface area contributed by atoms with Gasteiger partial charge < -0.3 is 19.5 Å². The molecule has 0 radical (unpaired) electrons. The molecule has 2 aromatic carbocycles. The van der Waals surface area contributed by atoms with Crippen molar-refractivity contribution in [2.75, 3.05) is 25.6 Å². The third kappa shape index (κ3) is 6.90. The number of hydrogen-bond donors (Lipinski definition) is 1. The van der Waals surface area contributed by atoms with Gasteiger partial charge in [0.2, 0.25) is 0 Å². The Hall–Kier alpha value is -3.28. The van der Waals surface area contributed by atoms with Crippen molar-refractivity contribution in [2.24, 2.45) is 0 Å². The Labute approximate surface area is 215 Å². The van der Waals surface area contributed by atoms with E-state index in [1.54, 1.807) is 19.4 Å². The molecule has 0 aliphatic carbocycles. The van der Waals surface area contributed by atoms with Crippen LogP contribution in [0.25, 0.3) is 0 Å². The molecule has 194 valence electrons. The summed E-state index contributed by atoms with van der Waals surface area (Å²) in [6.07, 6.45) is 1.75. The first kappa shape index (κ1) is 27.3. The van der Waals surface area contributed by atoms with Crippen molar-refractivity contribution >= 4 is 5.69 Å². The van der Waals surface area contributed by atoms with E-state index < -0.39 is 0 Å². The number of hydrogen-bond acceptors (Lipinski definition) is 5. The van der Waals surface area contributed by atoms with Gasteiger partial charge in [0, 0.05) is 24.0 Å². The number of nitrogens with zero attached hydrogens (tertiary/aromatic N) is 1. The maximum atomic E-state index is 13.7. The Morgan fingerprint density at radius 1 is 0.806 bits per heavy atom. The Balaban J connectivity index is 1.67. The van der Waals surface area contributed by atoms with Crippen LogP contribution in [0.4, 0.5) is 10.1 Å². The molecule has 0 amide bonds. The lowest BCUT2D eigenvalue weighted by atomic mass is 10.00. The second-order valence-electron chi connectivity index (χ2n) is 9.84. The largest absolute Gasteiger partial charge is 0.496 e. The first-order valence-electron chi connectivity index (χ1n) is 12.7. The molecule has 0 unspecified atom stereocenters. The Morgan fingerprint density at radius 3 is 2.17 bits per heavy atom. The second-order valence-corrected chi connectivity index (χ2v) is 9.84. The van der Waals surface area contributed by atoms with Gasteiger partial charge in [-0.3, -0.25) is 4.98 Å². The van der Waals surface area contributed by atoms with E-state index in [4.69, 9.17) is 14.2 Å². The molecule has 1 heterocycles. The lowest BCUT2D eigenvalue weighted by Crippen LogP contribution is -2.14. The van der Waals surface area contributed by atoms with Gasteiger partial charge in [0.1, 0.15) is 36.3 Å². The number of halogens is 1. The van der Waals surface area contributed by atoms with E-state index in [0.717, 1.165) is 34.0 Å². The van der Waals surface area contributed by atoms with Crippen LogP contribution >= 0.6 is 0 Å². The molecular formula is C30H39FN2O3. The number of nitrogens with one attached hydrogen (secondary N) is 1. The molecule has 0 aliphatic rings. The zero-order valence-electron chi connectivity index (χ0n) is 22.5. The third-order valence-corrected chi connectivity index (χ3v) is 6.11. The van der Waals surface area contributed by atoms with Gasteiger partial charge in [-0.2, -0.15) is 0 Å². The summed E-state index contributed by atoms with van der Waals surface area (Å²) in [4.78, 5) is 4.58. The Kier molecular flexibility index (Phi) is 9.57. The van der Waals surface area contributed by atoms with Gasteiger partial charge in [-0.05, 0) is 71.3 Å². The molecule has 5 nitrogen and oxygen atoms in total. The van der Waals surface area contributed by atoms with Crippen LogP contribution in [0, 0.1) is 5.82 Å². The molecular weight excluding hydrogens is 455 g/mol. The van der Waals surface area contributed by atoms with Crippen LogP contribution in [0.3, 0.4) is 0 Å². The average Bonchev–Trinajstić information content (AvgIpc) is 2.85. The summed E-state index contributed by atoms with van der Waals surface area (Å²) in [7, 11) is 1.70. The molecule has 1 aromatic heterocycles. The van der Waals surface area contributed by atoms with Crippen molar-refractivity contribution in [3.63, 3.8) is 0 Å². The highest BCUT2D eigenvalue weighted by Gasteiger charge is 2.17. The molecule has 0 aliphatic heterocycles. The molecule has 0 spiro atoms. The lowest BCUT2D eigenvalue weighted by molar-refractivity contribution is 0.289. The zero-order chi connectivity index (χ0) is 26.2. The molecule has 3 rings (SSSR count). The van der Waals surface area contributed by atoms with Gasteiger partial charge in [-0.15, -0.1) is 0 Å². The maximum Gasteiger partial charge on any atom is 0.131 e. The summed E-state index contributed by atoms with van der Waals surface area (Å²) in [6, 6.07) is 12.7. The van der Waals surface area contributed by atoms with Crippen molar-refractivity contribution in [3.8, 4) is 17.2 Å². The molecule has 36 heavy (non-hydrogen) atoms. The van der Waals surface area contributed by atoms with E-state index >= 15 is 0 Å². The first-order valence-corrected chi connectivity index (χ1v) is 12.7. The minimum Gasteiger partial charge on any atom is -0.496 e. The summed E-state index contributed by atoms with van der Waals surface area (Å²) >= 11 is 0. The topological polar surface area (TPSA) is 52.6 Å². The van der Waals surface area contributed by atoms with Crippen molar-refractivity contribution in [3.05, 3.63) is 76.9 Å². The van der Waals surface area contributed by atoms with Gasteiger partial charge in [0.05, 0.1) is 12.8 Å². The van der Waals surface area contributed by atoms with E-state index in [-0.39, 0.29) is 24.3 Å². The first-order chi connectivity index (χ1) is 17.2. The summed E-state index contributed by atoms with van der Waals surface area (Å²) in [5, 5.41) is 3.44. The molecule has 0 atom stereocenters. The van der Waals surface area contributed by atoms with Crippen molar-refractivity contribution < 1.29 is 18.6 Å². The van der Waals surface area contributed by atoms with E-state index in [9.17, 15) is 4.39 Å². The second kappa shape index (κ2) is 12.6. The van der Waals surface area contributed by atoms with Crippen LogP contribution < -0.4 is 19.5 Å². The number of benzene rings is 2. The minimum atomic E-state index is -0.258. The number of ether oxygens (including phenoxy) is 3. The monoisotopic (exact) mass is 494 g/mol. The Bertz CT molecular complexity index is 1150. The zero-order valence-corrected chi connectivity index (χ0v) is 22.5. The van der Waals surface area contributed by atoms with Crippen LogP contribution in [0.1, 0.15) is 81.7 Å². The van der Waals surface area contributed by atoms with Gasteiger partial charge in [0.25, 0.3) is 0 Å². The average molecular weight is 495 g/mol. The van der Waals surface area contributed by atoms with E-state index in [1.807, 2.05) is 32.0 Å². The molecule has 3 aromatic rings. The normalized spacial score (nSPS) is 11.3. The van der Waals surface area contributed by atoms with E-state index in [0.29, 0.717) is 24.8 Å². The number of methoxy groups -OCH3 is 1. The smallest absolute Gasteiger partial charge is 0.131 e. The van der Waals surface area contributed by atoms with E-state index in [2.05, 4.69) is 44.1 Å². The quantitative estimate of drug-likeness (QED) is 0.262. The highest BCUT2D eigenvalue weighted by Crippen LogP contribution is 2.32. The highest BCUT2D eigenvalue weighted by atomic mass is 19.1. The molecule has 0 saturated heterocycles. The molecule has 6 heteroatoms. The van der Waals surface area contributed by atoms with Crippen LogP contribution in [0.2, 0.25) is 0 Å². The fraction of sp³-hybridized carbons (Fsp3) is 0.433. The van der Waals surface area contributed by atoms with Gasteiger partial charge in [-0.25, -0.2) is 4.39 Å². The summed E-state index contributed by atoms with van der Waals surface area (Å²) in [5.74, 6) is 2.86. The van der Waals surface area contributed by atoms with Crippen molar-refractivity contribution in [1.82, 2.24) is 4.98 Å². The maximum absolute atomic E-state index is 13.7. The standard InChI is InChI=1S/C30H39FN2O3/c1-19(2)24-16-22(31)8-10-28(24)36-18-26-30(21(5)6)29(12-13-33-26)35-15-14-32-23-9-11-27(34-7)25(17-23)20(3)4/h8-13,16-17,19-21,32H,14-15,18H2,1-7H3. The van der Waals surface area contributed by atoms with Crippen molar-refractivity contribution in [1.29, 1.82) is 0 Å². The van der Waals surface area contributed by atoms with Crippen LogP contribution in [-0.2, 0) is 6.61 Å². The number of pyridine rings is 1. The molecule has 0 fully saturated rings. The Morgan fingerprint density at radius 2 is 1.50 bits per heavy atom. The fourth-order valence-electron chi connectivity index (χ4n) is 4.26. The minimum absolute atomic E-state index is 0.151.